The van der Waals surface area contributed by atoms with Crippen LogP contribution in [0.3, 0.4) is 0 Å². The molecule has 0 amide bonds. The summed E-state index contributed by atoms with van der Waals surface area (Å²) in [5, 5.41) is 0. The molecule has 4 heteroatoms. The van der Waals surface area contributed by atoms with Gasteiger partial charge in [-0.05, 0) is 165 Å². The highest BCUT2D eigenvalue weighted by molar-refractivity contribution is 5.87. The molecule has 0 fully saturated rings. The van der Waals surface area contributed by atoms with Gasteiger partial charge in [-0.2, -0.15) is 0 Å². The maximum absolute atomic E-state index is 2.39. The first-order valence-corrected chi connectivity index (χ1v) is 20.9. The van der Waals surface area contributed by atoms with Crippen LogP contribution in [-0.2, 0) is 0 Å². The van der Waals surface area contributed by atoms with E-state index < -0.39 is 0 Å². The summed E-state index contributed by atoms with van der Waals surface area (Å²) in [5.74, 6) is 0. The zero-order valence-electron chi connectivity index (χ0n) is 34.8. The third kappa shape index (κ3) is 8.12. The molecule has 0 aliphatic rings. The Bertz CT molecular complexity index is 2400. The maximum Gasteiger partial charge on any atom is 0.0492 e. The van der Waals surface area contributed by atoms with Gasteiger partial charge in [0.05, 0.1) is 0 Å². The van der Waals surface area contributed by atoms with Crippen molar-refractivity contribution < 1.29 is 0 Å². The first-order chi connectivity index (χ1) is 30.0. The van der Waals surface area contributed by atoms with Gasteiger partial charge in [0.1, 0.15) is 0 Å². The summed E-state index contributed by atoms with van der Waals surface area (Å²) in [6.07, 6.45) is 0. The van der Waals surface area contributed by atoms with Crippen molar-refractivity contribution in [2.45, 2.75) is 20.8 Å². The Morgan fingerprint density at radius 2 is 0.393 bits per heavy atom. The minimum Gasteiger partial charge on any atom is -0.310 e. The van der Waals surface area contributed by atoms with Crippen LogP contribution >= 0.6 is 0 Å². The number of benzene rings is 9. The van der Waals surface area contributed by atoms with E-state index in [1.54, 1.807) is 0 Å². The SMILES string of the molecule is Cc1cc(N(c2ccc(N(c3ccccc3)c3ccccc3)c(C)c2)c2ccc(N(c3ccccc3)c3ccccc3)c(C)c2)ccc1N(c1ccccc1)c1ccccc1. The number of hydrogen-bond acceptors (Lipinski definition) is 4. The highest BCUT2D eigenvalue weighted by Gasteiger charge is 2.22. The van der Waals surface area contributed by atoms with Crippen LogP contribution in [0.15, 0.2) is 237 Å². The summed E-state index contributed by atoms with van der Waals surface area (Å²) in [4.78, 5) is 9.41. The van der Waals surface area contributed by atoms with E-state index in [1.165, 1.54) is 0 Å². The van der Waals surface area contributed by atoms with Crippen molar-refractivity contribution in [1.82, 2.24) is 0 Å². The zero-order valence-corrected chi connectivity index (χ0v) is 34.8. The molecule has 0 N–H and O–H groups in total. The summed E-state index contributed by atoms with van der Waals surface area (Å²) in [6, 6.07) is 84.2. The molecule has 296 valence electrons. The molecule has 0 radical (unpaired) electrons. The van der Waals surface area contributed by atoms with Gasteiger partial charge in [0, 0.05) is 68.2 Å². The second-order valence-electron chi connectivity index (χ2n) is 15.3. The molecule has 0 bridgehead atoms. The second-order valence-corrected chi connectivity index (χ2v) is 15.3. The minimum atomic E-state index is 1.08. The highest BCUT2D eigenvalue weighted by Crippen LogP contribution is 2.45. The monoisotopic (exact) mass is 788 g/mol. The summed E-state index contributed by atoms with van der Waals surface area (Å²) >= 11 is 0. The Morgan fingerprint density at radius 1 is 0.197 bits per heavy atom. The van der Waals surface area contributed by atoms with Crippen LogP contribution in [0.2, 0.25) is 0 Å². The van der Waals surface area contributed by atoms with Crippen molar-refractivity contribution in [3.05, 3.63) is 253 Å². The van der Waals surface area contributed by atoms with E-state index in [2.05, 4.69) is 277 Å². The average molecular weight is 789 g/mol. The van der Waals surface area contributed by atoms with Gasteiger partial charge in [-0.25, -0.2) is 0 Å². The van der Waals surface area contributed by atoms with E-state index >= 15 is 0 Å². The van der Waals surface area contributed by atoms with Crippen molar-refractivity contribution >= 4 is 68.2 Å². The van der Waals surface area contributed by atoms with Crippen LogP contribution in [0, 0.1) is 20.8 Å². The van der Waals surface area contributed by atoms with Gasteiger partial charge in [0.15, 0.2) is 0 Å². The lowest BCUT2D eigenvalue weighted by Gasteiger charge is -2.32. The number of anilines is 12. The van der Waals surface area contributed by atoms with Gasteiger partial charge in [-0.1, -0.05) is 109 Å². The molecule has 0 aliphatic carbocycles. The molecule has 0 aromatic heterocycles. The van der Waals surface area contributed by atoms with Crippen LogP contribution in [0.1, 0.15) is 16.7 Å². The van der Waals surface area contributed by atoms with Gasteiger partial charge >= 0.3 is 0 Å². The number of hydrogen-bond donors (Lipinski definition) is 0. The maximum atomic E-state index is 2.39. The Labute approximate surface area is 360 Å². The second kappa shape index (κ2) is 17.6. The first kappa shape index (κ1) is 38.7. The molecule has 61 heavy (non-hydrogen) atoms. The minimum absolute atomic E-state index is 1.08. The van der Waals surface area contributed by atoms with E-state index in [9.17, 15) is 0 Å². The molecule has 0 atom stereocenters. The van der Waals surface area contributed by atoms with Gasteiger partial charge < -0.3 is 19.6 Å². The normalized spacial score (nSPS) is 10.9. The first-order valence-electron chi connectivity index (χ1n) is 20.9. The standard InChI is InChI=1S/C57H48N4/c1-43-40-52(34-37-55(43)59(46-22-10-4-11-23-46)47-24-12-5-13-25-47)58(53-35-38-56(44(2)41-53)60(48-26-14-6-15-27-48)49-28-16-7-17-29-49)54-36-39-57(45(3)42-54)61(50-30-18-8-19-31-50)51-32-20-9-21-33-51/h4-42H,1-3H3. The molecule has 0 heterocycles. The third-order valence-electron chi connectivity index (χ3n) is 11.1. The lowest BCUT2D eigenvalue weighted by Crippen LogP contribution is -2.15. The Hall–Kier alpha value is -7.82. The average Bonchev–Trinajstić information content (AvgIpc) is 3.31. The van der Waals surface area contributed by atoms with E-state index in [-0.39, 0.29) is 0 Å². The number of para-hydroxylation sites is 6. The lowest BCUT2D eigenvalue weighted by atomic mass is 10.0. The van der Waals surface area contributed by atoms with Crippen LogP contribution in [0.4, 0.5) is 68.2 Å². The largest absolute Gasteiger partial charge is 0.310 e. The van der Waals surface area contributed by atoms with E-state index in [4.69, 9.17) is 0 Å². The van der Waals surface area contributed by atoms with Crippen LogP contribution in [0.5, 0.6) is 0 Å². The zero-order chi connectivity index (χ0) is 41.5. The fourth-order valence-electron chi connectivity index (χ4n) is 8.28. The number of rotatable bonds is 12. The van der Waals surface area contributed by atoms with E-state index in [0.717, 1.165) is 84.9 Å². The van der Waals surface area contributed by atoms with Crippen molar-refractivity contribution in [2.24, 2.45) is 0 Å². The van der Waals surface area contributed by atoms with Gasteiger partial charge in [-0.15, -0.1) is 0 Å². The van der Waals surface area contributed by atoms with Crippen molar-refractivity contribution in [1.29, 1.82) is 0 Å². The van der Waals surface area contributed by atoms with Crippen molar-refractivity contribution in [3.63, 3.8) is 0 Å². The van der Waals surface area contributed by atoms with Gasteiger partial charge in [0.25, 0.3) is 0 Å². The molecule has 4 nitrogen and oxygen atoms in total. The Balaban J connectivity index is 1.18. The van der Waals surface area contributed by atoms with Crippen LogP contribution in [-0.4, -0.2) is 0 Å². The third-order valence-corrected chi connectivity index (χ3v) is 11.1. The molecule has 0 saturated carbocycles. The molecular weight excluding hydrogens is 741 g/mol. The molecule has 9 aromatic rings. The fraction of sp³-hybridized carbons (Fsp3) is 0.0526. The molecule has 0 aliphatic heterocycles. The smallest absolute Gasteiger partial charge is 0.0492 e. The van der Waals surface area contributed by atoms with Crippen molar-refractivity contribution in [2.75, 3.05) is 19.6 Å². The highest BCUT2D eigenvalue weighted by atomic mass is 15.2. The Morgan fingerprint density at radius 3 is 0.574 bits per heavy atom. The summed E-state index contributed by atoms with van der Waals surface area (Å²) in [7, 11) is 0. The van der Waals surface area contributed by atoms with Crippen LogP contribution in [0.25, 0.3) is 0 Å². The molecule has 0 saturated heterocycles. The van der Waals surface area contributed by atoms with Crippen LogP contribution < -0.4 is 19.6 Å². The van der Waals surface area contributed by atoms with Gasteiger partial charge in [-0.3, -0.25) is 0 Å². The van der Waals surface area contributed by atoms with E-state index in [1.807, 2.05) is 0 Å². The molecular formula is C57H48N4. The van der Waals surface area contributed by atoms with Crippen molar-refractivity contribution in [3.8, 4) is 0 Å². The number of nitrogens with zero attached hydrogens (tertiary/aromatic N) is 4. The summed E-state index contributed by atoms with van der Waals surface area (Å²) < 4.78 is 0. The molecule has 0 unspecified atom stereocenters. The fourth-order valence-corrected chi connectivity index (χ4v) is 8.28. The van der Waals surface area contributed by atoms with E-state index in [0.29, 0.717) is 0 Å². The predicted octanol–water partition coefficient (Wildman–Crippen LogP) is 16.5. The quantitative estimate of drug-likeness (QED) is 0.122. The topological polar surface area (TPSA) is 13.0 Å². The molecule has 0 spiro atoms. The lowest BCUT2D eigenvalue weighted by molar-refractivity contribution is 1.20. The summed E-state index contributed by atoms with van der Waals surface area (Å²) in [5.41, 5.74) is 16.8. The predicted molar refractivity (Wildman–Crippen MR) is 259 cm³/mol. The summed E-state index contributed by atoms with van der Waals surface area (Å²) in [6.45, 7) is 6.65. The Kier molecular flexibility index (Phi) is 11.1. The number of aryl methyl sites for hydroxylation is 3. The molecule has 9 rings (SSSR count). The van der Waals surface area contributed by atoms with Gasteiger partial charge in [0.2, 0.25) is 0 Å². The molecule has 9 aromatic carbocycles.